The van der Waals surface area contributed by atoms with Crippen LogP contribution in [0.5, 0.6) is 0 Å². The molecule has 0 fully saturated rings. The van der Waals surface area contributed by atoms with Gasteiger partial charge in [0.2, 0.25) is 0 Å². The van der Waals surface area contributed by atoms with E-state index in [0.29, 0.717) is 17.7 Å². The van der Waals surface area contributed by atoms with Crippen LogP contribution in [-0.4, -0.2) is 11.7 Å². The monoisotopic (exact) mass is 281 g/mol. The zero-order chi connectivity index (χ0) is 14.7. The molecule has 0 bridgehead atoms. The first kappa shape index (κ1) is 14.7. The number of furan rings is 1. The summed E-state index contributed by atoms with van der Waals surface area (Å²) in [4.78, 5) is 0. The molecule has 108 valence electrons. The molecule has 0 aliphatic rings. The predicted molar refractivity (Wildman–Crippen MR) is 71.2 cm³/mol. The van der Waals surface area contributed by atoms with E-state index in [1.54, 1.807) is 12.1 Å². The predicted octanol–water partition coefficient (Wildman–Crippen LogP) is 2.90. The number of nitrogens with two attached hydrogens (primary N) is 1. The minimum absolute atomic E-state index is 0.0478. The fourth-order valence-electron chi connectivity index (χ4n) is 2.18. The van der Waals surface area contributed by atoms with Gasteiger partial charge in [-0.15, -0.1) is 0 Å². The standard InChI is InChI=1S/C15H17F2NO2/c1-2-12-3-4-14(20-12)15(19)13(8-18)9-5-10(16)7-11(17)6-9/h3-7,13,15,19H,2,8,18H2,1H3. The van der Waals surface area contributed by atoms with Gasteiger partial charge in [0.1, 0.15) is 29.3 Å². The van der Waals surface area contributed by atoms with Crippen molar-refractivity contribution in [3.8, 4) is 0 Å². The fraction of sp³-hybridized carbons (Fsp3) is 0.333. The second-order valence-electron chi connectivity index (χ2n) is 4.65. The van der Waals surface area contributed by atoms with Crippen molar-refractivity contribution >= 4 is 0 Å². The van der Waals surface area contributed by atoms with Crippen LogP contribution in [0.4, 0.5) is 8.78 Å². The van der Waals surface area contributed by atoms with E-state index in [9.17, 15) is 13.9 Å². The van der Waals surface area contributed by atoms with Crippen LogP contribution in [0.1, 0.15) is 36.0 Å². The van der Waals surface area contributed by atoms with Crippen molar-refractivity contribution in [2.45, 2.75) is 25.4 Å². The highest BCUT2D eigenvalue weighted by Gasteiger charge is 2.25. The molecule has 0 aliphatic heterocycles. The number of rotatable bonds is 5. The summed E-state index contributed by atoms with van der Waals surface area (Å²) in [5.74, 6) is -0.933. The largest absolute Gasteiger partial charge is 0.463 e. The van der Waals surface area contributed by atoms with Crippen LogP contribution in [-0.2, 0) is 6.42 Å². The molecule has 3 nitrogen and oxygen atoms in total. The lowest BCUT2D eigenvalue weighted by Crippen LogP contribution is -2.20. The Balaban J connectivity index is 2.30. The average Bonchev–Trinajstić information content (AvgIpc) is 2.87. The van der Waals surface area contributed by atoms with Crippen molar-refractivity contribution in [3.63, 3.8) is 0 Å². The van der Waals surface area contributed by atoms with E-state index in [2.05, 4.69) is 0 Å². The normalized spacial score (nSPS) is 14.2. The molecule has 2 unspecified atom stereocenters. The highest BCUT2D eigenvalue weighted by molar-refractivity contribution is 5.25. The molecule has 0 saturated carbocycles. The van der Waals surface area contributed by atoms with Crippen molar-refractivity contribution in [2.75, 3.05) is 6.54 Å². The molecule has 1 heterocycles. The lowest BCUT2D eigenvalue weighted by Gasteiger charge is -2.20. The lowest BCUT2D eigenvalue weighted by atomic mass is 9.92. The number of halogens is 2. The Kier molecular flexibility index (Phi) is 4.52. The molecule has 1 aromatic carbocycles. The molecular formula is C15H17F2NO2. The summed E-state index contributed by atoms with van der Waals surface area (Å²) in [6.45, 7) is 1.98. The quantitative estimate of drug-likeness (QED) is 0.886. The molecule has 1 aromatic heterocycles. The molecular weight excluding hydrogens is 264 g/mol. The van der Waals surface area contributed by atoms with Crippen LogP contribution >= 0.6 is 0 Å². The van der Waals surface area contributed by atoms with E-state index in [-0.39, 0.29) is 6.54 Å². The molecule has 3 N–H and O–H groups in total. The molecule has 5 heteroatoms. The second kappa shape index (κ2) is 6.15. The highest BCUT2D eigenvalue weighted by Crippen LogP contribution is 2.32. The molecule has 0 amide bonds. The van der Waals surface area contributed by atoms with Crippen LogP contribution in [0.15, 0.2) is 34.7 Å². The van der Waals surface area contributed by atoms with Gasteiger partial charge in [-0.2, -0.15) is 0 Å². The Morgan fingerprint density at radius 1 is 1.20 bits per heavy atom. The zero-order valence-corrected chi connectivity index (χ0v) is 11.1. The molecule has 2 atom stereocenters. The van der Waals surface area contributed by atoms with E-state index in [0.717, 1.165) is 11.8 Å². The molecule has 0 saturated heterocycles. The van der Waals surface area contributed by atoms with Crippen molar-refractivity contribution in [3.05, 3.63) is 59.1 Å². The van der Waals surface area contributed by atoms with Gasteiger partial charge in [-0.1, -0.05) is 6.92 Å². The summed E-state index contributed by atoms with van der Waals surface area (Å²) in [5, 5.41) is 10.3. The molecule has 20 heavy (non-hydrogen) atoms. The Morgan fingerprint density at radius 3 is 2.35 bits per heavy atom. The van der Waals surface area contributed by atoms with Gasteiger partial charge in [0.15, 0.2) is 0 Å². The van der Waals surface area contributed by atoms with Gasteiger partial charge in [0, 0.05) is 24.9 Å². The third-order valence-corrected chi connectivity index (χ3v) is 3.27. The number of benzene rings is 1. The Hall–Kier alpha value is -1.72. The number of aliphatic hydroxyl groups excluding tert-OH is 1. The van der Waals surface area contributed by atoms with Crippen LogP contribution in [0.2, 0.25) is 0 Å². The Morgan fingerprint density at radius 2 is 1.85 bits per heavy atom. The fourth-order valence-corrected chi connectivity index (χ4v) is 2.18. The van der Waals surface area contributed by atoms with E-state index in [1.807, 2.05) is 6.92 Å². The van der Waals surface area contributed by atoms with Gasteiger partial charge in [0.05, 0.1) is 0 Å². The summed E-state index contributed by atoms with van der Waals surface area (Å²) in [6, 6.07) is 6.55. The summed E-state index contributed by atoms with van der Waals surface area (Å²) in [5.41, 5.74) is 5.95. The number of hydrogen-bond donors (Lipinski definition) is 2. The van der Waals surface area contributed by atoms with E-state index in [1.165, 1.54) is 12.1 Å². The van der Waals surface area contributed by atoms with Gasteiger partial charge in [-0.3, -0.25) is 0 Å². The minimum atomic E-state index is -1.04. The van der Waals surface area contributed by atoms with E-state index in [4.69, 9.17) is 10.2 Å². The second-order valence-corrected chi connectivity index (χ2v) is 4.65. The summed E-state index contributed by atoms with van der Waals surface area (Å²) >= 11 is 0. The highest BCUT2D eigenvalue weighted by atomic mass is 19.1. The van der Waals surface area contributed by atoms with Gasteiger partial charge in [-0.05, 0) is 29.8 Å². The van der Waals surface area contributed by atoms with Gasteiger partial charge < -0.3 is 15.3 Å². The number of hydrogen-bond acceptors (Lipinski definition) is 3. The van der Waals surface area contributed by atoms with Crippen molar-refractivity contribution in [1.29, 1.82) is 0 Å². The molecule has 0 aliphatic carbocycles. The van der Waals surface area contributed by atoms with Crippen LogP contribution in [0.3, 0.4) is 0 Å². The third kappa shape index (κ3) is 3.05. The Bertz CT molecular complexity index is 563. The maximum absolute atomic E-state index is 13.3. The minimum Gasteiger partial charge on any atom is -0.463 e. The molecule has 2 aromatic rings. The number of aliphatic hydroxyl groups is 1. The first-order valence-electron chi connectivity index (χ1n) is 6.47. The topological polar surface area (TPSA) is 59.4 Å². The molecule has 2 rings (SSSR count). The zero-order valence-electron chi connectivity index (χ0n) is 11.1. The van der Waals surface area contributed by atoms with Crippen molar-refractivity contribution in [1.82, 2.24) is 0 Å². The summed E-state index contributed by atoms with van der Waals surface area (Å²) in [7, 11) is 0. The van der Waals surface area contributed by atoms with Gasteiger partial charge >= 0.3 is 0 Å². The third-order valence-electron chi connectivity index (χ3n) is 3.27. The smallest absolute Gasteiger partial charge is 0.133 e. The van der Waals surface area contributed by atoms with Crippen molar-refractivity contribution in [2.24, 2.45) is 5.73 Å². The SMILES string of the molecule is CCc1ccc(C(O)C(CN)c2cc(F)cc(F)c2)o1. The van der Waals surface area contributed by atoms with Crippen LogP contribution < -0.4 is 5.73 Å². The first-order valence-corrected chi connectivity index (χ1v) is 6.47. The maximum atomic E-state index is 13.3. The maximum Gasteiger partial charge on any atom is 0.133 e. The summed E-state index contributed by atoms with van der Waals surface area (Å²) in [6.07, 6.45) is -0.337. The average molecular weight is 281 g/mol. The molecule has 0 radical (unpaired) electrons. The van der Waals surface area contributed by atoms with Crippen molar-refractivity contribution < 1.29 is 18.3 Å². The Labute approximate surface area is 116 Å². The number of aryl methyl sites for hydroxylation is 1. The lowest BCUT2D eigenvalue weighted by molar-refractivity contribution is 0.120. The first-order chi connectivity index (χ1) is 9.55. The summed E-state index contributed by atoms with van der Waals surface area (Å²) < 4.78 is 32.0. The van der Waals surface area contributed by atoms with Gasteiger partial charge in [0.25, 0.3) is 0 Å². The van der Waals surface area contributed by atoms with E-state index >= 15 is 0 Å². The van der Waals surface area contributed by atoms with Gasteiger partial charge in [-0.25, -0.2) is 8.78 Å². The van der Waals surface area contributed by atoms with Crippen LogP contribution in [0.25, 0.3) is 0 Å². The van der Waals surface area contributed by atoms with Crippen LogP contribution in [0, 0.1) is 11.6 Å². The van der Waals surface area contributed by atoms with E-state index < -0.39 is 23.7 Å². The molecule has 0 spiro atoms.